The molecular formula is C13H21N3O2S. The number of hydrogen-bond acceptors (Lipinski definition) is 5. The van der Waals surface area contributed by atoms with Crippen LogP contribution in [-0.2, 0) is 4.79 Å². The van der Waals surface area contributed by atoms with Crippen LogP contribution >= 0.6 is 11.8 Å². The fraction of sp³-hybridized carbons (Fsp3) is 0.615. The zero-order valence-electron chi connectivity index (χ0n) is 11.6. The van der Waals surface area contributed by atoms with E-state index in [1.165, 1.54) is 0 Å². The van der Waals surface area contributed by atoms with Crippen molar-refractivity contribution in [2.75, 3.05) is 6.54 Å². The number of aliphatic carboxylic acids is 1. The number of carbonyl (C=O) groups is 1. The van der Waals surface area contributed by atoms with Gasteiger partial charge in [-0.1, -0.05) is 13.8 Å². The quantitative estimate of drug-likeness (QED) is 0.712. The van der Waals surface area contributed by atoms with Crippen molar-refractivity contribution in [2.45, 2.75) is 49.4 Å². The Kier molecular flexibility index (Phi) is 6.24. The maximum absolute atomic E-state index is 11.4. The van der Waals surface area contributed by atoms with Gasteiger partial charge in [-0.2, -0.15) is 0 Å². The highest BCUT2D eigenvalue weighted by molar-refractivity contribution is 7.99. The Morgan fingerprint density at radius 3 is 2.84 bits per heavy atom. The first-order valence-corrected chi connectivity index (χ1v) is 7.27. The van der Waals surface area contributed by atoms with E-state index in [9.17, 15) is 9.90 Å². The van der Waals surface area contributed by atoms with E-state index in [0.29, 0.717) is 13.0 Å². The summed E-state index contributed by atoms with van der Waals surface area (Å²) >= 11 is 1.54. The van der Waals surface area contributed by atoms with Crippen LogP contribution in [0.2, 0.25) is 0 Å². The van der Waals surface area contributed by atoms with E-state index in [-0.39, 0.29) is 5.25 Å². The maximum atomic E-state index is 11.4. The predicted octanol–water partition coefficient (Wildman–Crippen LogP) is 2.19. The molecule has 2 N–H and O–H groups in total. The molecular weight excluding hydrogens is 262 g/mol. The lowest BCUT2D eigenvalue weighted by molar-refractivity contribution is -0.144. The molecule has 0 aliphatic heterocycles. The molecule has 0 saturated carbocycles. The number of thioether (sulfide) groups is 1. The van der Waals surface area contributed by atoms with Gasteiger partial charge in [-0.05, 0) is 26.3 Å². The molecule has 2 atom stereocenters. The van der Waals surface area contributed by atoms with Crippen LogP contribution < -0.4 is 5.32 Å². The van der Waals surface area contributed by atoms with Crippen molar-refractivity contribution in [1.82, 2.24) is 15.3 Å². The summed E-state index contributed by atoms with van der Waals surface area (Å²) in [5, 5.41) is 13.4. The monoisotopic (exact) mass is 283 g/mol. The second-order valence-electron chi connectivity index (χ2n) is 4.74. The number of nitrogens with zero attached hydrogens (tertiary/aromatic N) is 2. The maximum Gasteiger partial charge on any atom is 0.323 e. The summed E-state index contributed by atoms with van der Waals surface area (Å²) < 4.78 is 0. The smallest absolute Gasteiger partial charge is 0.323 e. The average molecular weight is 283 g/mol. The molecule has 5 nitrogen and oxygen atoms in total. The Hall–Kier alpha value is -1.14. The van der Waals surface area contributed by atoms with Gasteiger partial charge in [-0.25, -0.2) is 4.98 Å². The van der Waals surface area contributed by atoms with Crippen molar-refractivity contribution in [3.05, 3.63) is 18.6 Å². The summed E-state index contributed by atoms with van der Waals surface area (Å²) in [6.07, 6.45) is 6.40. The molecule has 0 saturated heterocycles. The van der Waals surface area contributed by atoms with E-state index in [1.807, 2.05) is 13.8 Å². The molecule has 1 aromatic rings. The van der Waals surface area contributed by atoms with Gasteiger partial charge < -0.3 is 10.4 Å². The number of nitrogens with one attached hydrogen (secondary N) is 1. The fourth-order valence-corrected chi connectivity index (χ4v) is 2.88. The molecule has 0 aliphatic rings. The molecule has 0 fully saturated rings. The summed E-state index contributed by atoms with van der Waals surface area (Å²) in [4.78, 5) is 19.6. The van der Waals surface area contributed by atoms with E-state index < -0.39 is 11.5 Å². The molecule has 6 heteroatoms. The first-order chi connectivity index (χ1) is 8.98. The zero-order valence-corrected chi connectivity index (χ0v) is 12.4. The second-order valence-corrected chi connectivity index (χ2v) is 6.20. The van der Waals surface area contributed by atoms with E-state index in [1.54, 1.807) is 37.3 Å². The van der Waals surface area contributed by atoms with Gasteiger partial charge in [-0.3, -0.25) is 9.78 Å². The second kappa shape index (κ2) is 7.45. The van der Waals surface area contributed by atoms with Crippen molar-refractivity contribution >= 4 is 17.7 Å². The first kappa shape index (κ1) is 15.9. The molecule has 0 aromatic carbocycles. The highest BCUT2D eigenvalue weighted by Crippen LogP contribution is 2.27. The van der Waals surface area contributed by atoms with Crippen LogP contribution in [0.25, 0.3) is 0 Å². The first-order valence-electron chi connectivity index (χ1n) is 6.39. The molecule has 0 bridgehead atoms. The Balaban J connectivity index is 2.61. The minimum absolute atomic E-state index is 0.141. The lowest BCUT2D eigenvalue weighted by Crippen LogP contribution is -2.51. The number of hydrogen-bond donors (Lipinski definition) is 2. The zero-order chi connectivity index (χ0) is 14.3. The minimum atomic E-state index is -0.898. The number of carboxylic acid groups (broad SMARTS) is 1. The SMILES string of the molecule is CCCNC(C)(CC(C)Sc1cnccn1)C(=O)O. The summed E-state index contributed by atoms with van der Waals surface area (Å²) in [6, 6.07) is 0. The molecule has 1 aromatic heterocycles. The van der Waals surface area contributed by atoms with Crippen molar-refractivity contribution in [1.29, 1.82) is 0 Å². The predicted molar refractivity (Wildman–Crippen MR) is 76.3 cm³/mol. The van der Waals surface area contributed by atoms with Gasteiger partial charge in [0.25, 0.3) is 0 Å². The van der Waals surface area contributed by atoms with Crippen LogP contribution in [0.4, 0.5) is 0 Å². The molecule has 0 amide bonds. The minimum Gasteiger partial charge on any atom is -0.480 e. The van der Waals surface area contributed by atoms with Gasteiger partial charge in [-0.15, -0.1) is 11.8 Å². The molecule has 1 rings (SSSR count). The van der Waals surface area contributed by atoms with Crippen LogP contribution in [0.3, 0.4) is 0 Å². The van der Waals surface area contributed by atoms with Crippen LogP contribution in [-0.4, -0.2) is 38.4 Å². The molecule has 0 aliphatic carbocycles. The number of carboxylic acids is 1. The Labute approximate surface area is 118 Å². The average Bonchev–Trinajstić information content (AvgIpc) is 2.37. The van der Waals surface area contributed by atoms with Crippen molar-refractivity contribution in [3.8, 4) is 0 Å². The third-order valence-electron chi connectivity index (χ3n) is 2.79. The Morgan fingerprint density at radius 2 is 2.32 bits per heavy atom. The molecule has 2 unspecified atom stereocenters. The van der Waals surface area contributed by atoms with Crippen molar-refractivity contribution < 1.29 is 9.90 Å². The topological polar surface area (TPSA) is 75.1 Å². The summed E-state index contributed by atoms with van der Waals surface area (Å²) in [6.45, 7) is 6.46. The van der Waals surface area contributed by atoms with E-state index in [4.69, 9.17) is 0 Å². The lowest BCUT2D eigenvalue weighted by Gasteiger charge is -2.28. The molecule has 0 spiro atoms. The standard InChI is InChI=1S/C13H21N3O2S/c1-4-5-16-13(3,12(17)18)8-10(2)19-11-9-14-6-7-15-11/h6-7,9-10,16H,4-5,8H2,1-3H3,(H,17,18). The van der Waals surface area contributed by atoms with Crippen LogP contribution in [0.5, 0.6) is 0 Å². The highest BCUT2D eigenvalue weighted by atomic mass is 32.2. The largest absolute Gasteiger partial charge is 0.480 e. The normalized spacial score (nSPS) is 15.7. The number of aromatic nitrogens is 2. The molecule has 106 valence electrons. The van der Waals surface area contributed by atoms with Crippen LogP contribution in [0, 0.1) is 0 Å². The molecule has 19 heavy (non-hydrogen) atoms. The highest BCUT2D eigenvalue weighted by Gasteiger charge is 2.34. The Bertz CT molecular complexity index is 402. The summed E-state index contributed by atoms with van der Waals surface area (Å²) in [7, 11) is 0. The molecule has 0 radical (unpaired) electrons. The number of rotatable bonds is 8. The fourth-order valence-electron chi connectivity index (χ4n) is 1.80. The third-order valence-corrected chi connectivity index (χ3v) is 3.82. The van der Waals surface area contributed by atoms with Gasteiger partial charge >= 0.3 is 5.97 Å². The van der Waals surface area contributed by atoms with Gasteiger partial charge in [0.2, 0.25) is 0 Å². The van der Waals surface area contributed by atoms with E-state index in [2.05, 4.69) is 15.3 Å². The van der Waals surface area contributed by atoms with Crippen LogP contribution in [0.1, 0.15) is 33.6 Å². The van der Waals surface area contributed by atoms with Gasteiger partial charge in [0.15, 0.2) is 0 Å². The van der Waals surface area contributed by atoms with Gasteiger partial charge in [0, 0.05) is 17.6 Å². The van der Waals surface area contributed by atoms with Crippen LogP contribution in [0.15, 0.2) is 23.6 Å². The molecule has 1 heterocycles. The Morgan fingerprint density at radius 1 is 1.58 bits per heavy atom. The third kappa shape index (κ3) is 5.16. The van der Waals surface area contributed by atoms with Gasteiger partial charge in [0.1, 0.15) is 10.6 Å². The lowest BCUT2D eigenvalue weighted by atomic mass is 9.96. The van der Waals surface area contributed by atoms with E-state index in [0.717, 1.165) is 11.4 Å². The summed E-state index contributed by atoms with van der Waals surface area (Å²) in [5.74, 6) is -0.812. The van der Waals surface area contributed by atoms with Gasteiger partial charge in [0.05, 0.1) is 6.20 Å². The summed E-state index contributed by atoms with van der Waals surface area (Å²) in [5.41, 5.74) is -0.898. The van der Waals surface area contributed by atoms with Crippen molar-refractivity contribution in [3.63, 3.8) is 0 Å². The van der Waals surface area contributed by atoms with Crippen molar-refractivity contribution in [2.24, 2.45) is 0 Å². The van der Waals surface area contributed by atoms with E-state index >= 15 is 0 Å².